The molecule has 0 spiro atoms. The lowest BCUT2D eigenvalue weighted by Gasteiger charge is -2.06. The van der Waals surface area contributed by atoms with Gasteiger partial charge >= 0.3 is 5.69 Å². The van der Waals surface area contributed by atoms with E-state index in [2.05, 4.69) is 32.8 Å². The predicted molar refractivity (Wildman–Crippen MR) is 95.9 cm³/mol. The van der Waals surface area contributed by atoms with Crippen molar-refractivity contribution in [1.29, 1.82) is 0 Å². The van der Waals surface area contributed by atoms with Crippen molar-refractivity contribution in [3.8, 4) is 0 Å². The van der Waals surface area contributed by atoms with Crippen molar-refractivity contribution in [2.24, 2.45) is 7.05 Å². The van der Waals surface area contributed by atoms with Gasteiger partial charge in [0.05, 0.1) is 0 Å². The molecule has 2 aromatic heterocycles. The number of H-pyrrole nitrogens is 1. The summed E-state index contributed by atoms with van der Waals surface area (Å²) in [6.07, 6.45) is 9.89. The first kappa shape index (κ1) is 18.0. The second-order valence-electron chi connectivity index (χ2n) is 6.00. The van der Waals surface area contributed by atoms with Gasteiger partial charge in [0.25, 0.3) is 5.56 Å². The van der Waals surface area contributed by atoms with Crippen LogP contribution in [0, 0.1) is 0 Å². The van der Waals surface area contributed by atoms with Crippen molar-refractivity contribution in [1.82, 2.24) is 19.1 Å². The number of halogens is 1. The van der Waals surface area contributed by atoms with Crippen molar-refractivity contribution in [2.75, 3.05) is 0 Å². The number of nitrogens with one attached hydrogen (secondary N) is 1. The molecule has 7 heteroatoms. The Kier molecular flexibility index (Phi) is 6.62. The van der Waals surface area contributed by atoms with Gasteiger partial charge in [-0.3, -0.25) is 14.3 Å². The highest BCUT2D eigenvalue weighted by atomic mass is 79.9. The van der Waals surface area contributed by atoms with Crippen molar-refractivity contribution in [2.45, 2.75) is 64.8 Å². The molecule has 0 amide bonds. The van der Waals surface area contributed by atoms with Crippen LogP contribution in [0.3, 0.4) is 0 Å². The van der Waals surface area contributed by atoms with Crippen molar-refractivity contribution in [3.05, 3.63) is 25.6 Å². The van der Waals surface area contributed by atoms with Gasteiger partial charge in [0.2, 0.25) is 0 Å². The second kappa shape index (κ2) is 8.47. The van der Waals surface area contributed by atoms with Crippen LogP contribution in [0.2, 0.25) is 0 Å². The minimum Gasteiger partial charge on any atom is -0.313 e. The Morgan fingerprint density at radius 2 is 1.65 bits per heavy atom. The molecule has 0 aliphatic rings. The lowest BCUT2D eigenvalue weighted by Crippen LogP contribution is -2.29. The zero-order valence-electron chi connectivity index (χ0n) is 13.9. The maximum atomic E-state index is 12.1. The van der Waals surface area contributed by atoms with E-state index in [0.29, 0.717) is 15.9 Å². The molecule has 6 nitrogen and oxygen atoms in total. The van der Waals surface area contributed by atoms with Crippen molar-refractivity contribution in [3.63, 3.8) is 0 Å². The zero-order valence-corrected chi connectivity index (χ0v) is 15.5. The van der Waals surface area contributed by atoms with Gasteiger partial charge in [0, 0.05) is 13.6 Å². The van der Waals surface area contributed by atoms with E-state index < -0.39 is 5.69 Å². The smallest absolute Gasteiger partial charge is 0.313 e. The Bertz CT molecular complexity index is 760. The standard InChI is InChI=1S/C16H25BrN4O2/c1-3-4-5-6-7-8-9-10-11-21-12-13(18-15(21)17)20(2)16(23)19-14(12)22/h3-11H2,1-2H3,(H,19,22,23). The van der Waals surface area contributed by atoms with E-state index in [1.165, 1.54) is 43.1 Å². The molecule has 0 atom stereocenters. The molecule has 2 rings (SSSR count). The lowest BCUT2D eigenvalue weighted by atomic mass is 10.1. The molecule has 0 aromatic carbocycles. The maximum absolute atomic E-state index is 12.1. The van der Waals surface area contributed by atoms with Crippen LogP contribution < -0.4 is 11.2 Å². The first-order chi connectivity index (χ1) is 11.1. The van der Waals surface area contributed by atoms with E-state index in [1.54, 1.807) is 7.05 Å². The normalized spacial score (nSPS) is 11.4. The fourth-order valence-corrected chi connectivity index (χ4v) is 3.34. The Morgan fingerprint density at radius 3 is 2.30 bits per heavy atom. The topological polar surface area (TPSA) is 72.7 Å². The second-order valence-corrected chi connectivity index (χ2v) is 6.71. The Balaban J connectivity index is 1.96. The molecule has 0 saturated carbocycles. The number of unbranched alkanes of at least 4 members (excludes halogenated alkanes) is 7. The van der Waals surface area contributed by atoms with Gasteiger partial charge in [0.15, 0.2) is 15.9 Å². The quantitative estimate of drug-likeness (QED) is 0.532. The van der Waals surface area contributed by atoms with E-state index in [1.807, 2.05) is 4.57 Å². The Hall–Kier alpha value is -1.37. The Morgan fingerprint density at radius 1 is 1.04 bits per heavy atom. The summed E-state index contributed by atoms with van der Waals surface area (Å²) in [5.74, 6) is 0. The van der Waals surface area contributed by atoms with Crippen molar-refractivity contribution >= 4 is 27.1 Å². The molecular formula is C16H25BrN4O2. The summed E-state index contributed by atoms with van der Waals surface area (Å²) in [6.45, 7) is 2.96. The number of fused-ring (bicyclic) bond motifs is 1. The summed E-state index contributed by atoms with van der Waals surface area (Å²) in [5, 5.41) is 0. The van der Waals surface area contributed by atoms with E-state index in [4.69, 9.17) is 0 Å². The van der Waals surface area contributed by atoms with Crippen LogP contribution in [0.15, 0.2) is 14.3 Å². The molecule has 23 heavy (non-hydrogen) atoms. The zero-order chi connectivity index (χ0) is 16.8. The molecule has 0 radical (unpaired) electrons. The lowest BCUT2D eigenvalue weighted by molar-refractivity contribution is 0.544. The fraction of sp³-hybridized carbons (Fsp3) is 0.688. The summed E-state index contributed by atoms with van der Waals surface area (Å²) in [7, 11) is 1.61. The van der Waals surface area contributed by atoms with Gasteiger partial charge in [-0.25, -0.2) is 9.78 Å². The maximum Gasteiger partial charge on any atom is 0.329 e. The van der Waals surface area contributed by atoms with Crippen LogP contribution in [0.5, 0.6) is 0 Å². The molecule has 128 valence electrons. The van der Waals surface area contributed by atoms with Gasteiger partial charge in [-0.1, -0.05) is 51.9 Å². The van der Waals surface area contributed by atoms with E-state index in [0.717, 1.165) is 19.4 Å². The molecule has 0 bridgehead atoms. The number of aromatic amines is 1. The molecule has 0 aliphatic heterocycles. The average molecular weight is 385 g/mol. The van der Waals surface area contributed by atoms with Crippen LogP contribution >= 0.6 is 15.9 Å². The van der Waals surface area contributed by atoms with Gasteiger partial charge in [-0.2, -0.15) is 0 Å². The highest BCUT2D eigenvalue weighted by Gasteiger charge is 2.15. The third-order valence-electron chi connectivity index (χ3n) is 4.20. The molecule has 0 unspecified atom stereocenters. The number of imidazole rings is 1. The van der Waals surface area contributed by atoms with Gasteiger partial charge in [-0.15, -0.1) is 0 Å². The molecular weight excluding hydrogens is 360 g/mol. The summed E-state index contributed by atoms with van der Waals surface area (Å²) in [4.78, 5) is 30.3. The third-order valence-corrected chi connectivity index (χ3v) is 4.80. The fourth-order valence-electron chi connectivity index (χ4n) is 2.82. The third kappa shape index (κ3) is 4.34. The van der Waals surface area contributed by atoms with Crippen LogP contribution in [0.1, 0.15) is 58.3 Å². The van der Waals surface area contributed by atoms with Crippen LogP contribution in [0.25, 0.3) is 11.2 Å². The summed E-state index contributed by atoms with van der Waals surface area (Å²) >= 11 is 3.40. The molecule has 0 saturated heterocycles. The van der Waals surface area contributed by atoms with E-state index >= 15 is 0 Å². The molecule has 2 aromatic rings. The van der Waals surface area contributed by atoms with Gasteiger partial charge in [-0.05, 0) is 22.4 Å². The van der Waals surface area contributed by atoms with Gasteiger partial charge in [0.1, 0.15) is 0 Å². The molecule has 0 fully saturated rings. The summed E-state index contributed by atoms with van der Waals surface area (Å²) in [5.41, 5.74) is 0.0692. The predicted octanol–water partition coefficient (Wildman–Crippen LogP) is 3.33. The number of nitrogens with zero attached hydrogens (tertiary/aromatic N) is 3. The van der Waals surface area contributed by atoms with Crippen LogP contribution in [-0.4, -0.2) is 19.1 Å². The monoisotopic (exact) mass is 384 g/mol. The number of aryl methyl sites for hydroxylation is 2. The first-order valence-electron chi connectivity index (χ1n) is 8.41. The first-order valence-corrected chi connectivity index (χ1v) is 9.20. The number of hydrogen-bond donors (Lipinski definition) is 1. The summed E-state index contributed by atoms with van der Waals surface area (Å²) in [6, 6.07) is 0. The van der Waals surface area contributed by atoms with Crippen LogP contribution in [-0.2, 0) is 13.6 Å². The van der Waals surface area contributed by atoms with Crippen molar-refractivity contribution < 1.29 is 0 Å². The highest BCUT2D eigenvalue weighted by Crippen LogP contribution is 2.17. The number of aromatic nitrogens is 4. The molecule has 2 heterocycles. The average Bonchev–Trinajstić information content (AvgIpc) is 2.85. The minimum atomic E-state index is -0.438. The highest BCUT2D eigenvalue weighted by molar-refractivity contribution is 9.10. The molecule has 0 aliphatic carbocycles. The minimum absolute atomic E-state index is 0.374. The number of rotatable bonds is 9. The van der Waals surface area contributed by atoms with E-state index in [-0.39, 0.29) is 5.56 Å². The molecule has 1 N–H and O–H groups in total. The summed E-state index contributed by atoms with van der Waals surface area (Å²) < 4.78 is 3.82. The van der Waals surface area contributed by atoms with Crippen LogP contribution in [0.4, 0.5) is 0 Å². The van der Waals surface area contributed by atoms with E-state index in [9.17, 15) is 9.59 Å². The number of hydrogen-bond acceptors (Lipinski definition) is 3. The SMILES string of the molecule is CCCCCCCCCCn1c(Br)nc2c1c(=O)[nH]c(=O)n2C. The van der Waals surface area contributed by atoms with Gasteiger partial charge < -0.3 is 4.57 Å². The largest absolute Gasteiger partial charge is 0.329 e. The Labute approximate surface area is 144 Å².